The molecule has 0 saturated carbocycles. The molecule has 1 nitrogen and oxygen atoms in total. The highest BCUT2D eigenvalue weighted by Gasteiger charge is 2.16. The molecule has 23 heavy (non-hydrogen) atoms. The fraction of sp³-hybridized carbons (Fsp3) is 0.364. The van der Waals surface area contributed by atoms with Gasteiger partial charge in [0.15, 0.2) is 0 Å². The number of nitrogens with zero attached hydrogens (tertiary/aromatic N) is 1. The first-order chi connectivity index (χ1) is 11.2. The van der Waals surface area contributed by atoms with Gasteiger partial charge in [-0.05, 0) is 55.5 Å². The van der Waals surface area contributed by atoms with Crippen molar-refractivity contribution in [1.82, 2.24) is 4.90 Å². The van der Waals surface area contributed by atoms with E-state index in [1.54, 1.807) is 0 Å². The van der Waals surface area contributed by atoms with Crippen LogP contribution in [0.4, 0.5) is 0 Å². The van der Waals surface area contributed by atoms with Crippen LogP contribution in [0.3, 0.4) is 0 Å². The number of piperidine rings is 1. The molecule has 2 aromatic carbocycles. The van der Waals surface area contributed by atoms with E-state index < -0.39 is 0 Å². The van der Waals surface area contributed by atoms with E-state index in [2.05, 4.69) is 79.4 Å². The third-order valence-electron chi connectivity index (χ3n) is 5.02. The van der Waals surface area contributed by atoms with E-state index in [9.17, 15) is 0 Å². The molecule has 1 atom stereocenters. The number of hydrogen-bond donors (Lipinski definition) is 0. The van der Waals surface area contributed by atoms with Crippen molar-refractivity contribution in [3.63, 3.8) is 0 Å². The van der Waals surface area contributed by atoms with Gasteiger partial charge < -0.3 is 0 Å². The predicted molar refractivity (Wildman–Crippen MR) is 100 cm³/mol. The predicted octanol–water partition coefficient (Wildman–Crippen LogP) is 5.63. The maximum Gasteiger partial charge on any atom is 0.0171 e. The minimum atomic E-state index is 0.730. The maximum atomic E-state index is 2.60. The average molecular weight is 305 g/mol. The van der Waals surface area contributed by atoms with Gasteiger partial charge in [0.05, 0.1) is 0 Å². The highest BCUT2D eigenvalue weighted by molar-refractivity contribution is 5.69. The van der Waals surface area contributed by atoms with Gasteiger partial charge in [-0.1, -0.05) is 67.1 Å². The summed E-state index contributed by atoms with van der Waals surface area (Å²) in [6.07, 6.45) is 6.47. The summed E-state index contributed by atoms with van der Waals surface area (Å²) < 4.78 is 0. The monoisotopic (exact) mass is 305 g/mol. The number of benzene rings is 2. The van der Waals surface area contributed by atoms with Gasteiger partial charge in [-0.3, -0.25) is 4.90 Å². The van der Waals surface area contributed by atoms with Crippen LogP contribution < -0.4 is 0 Å². The zero-order chi connectivity index (χ0) is 16.1. The number of rotatable bonds is 4. The van der Waals surface area contributed by atoms with Crippen molar-refractivity contribution in [1.29, 1.82) is 0 Å². The summed E-state index contributed by atoms with van der Waals surface area (Å²) in [5, 5.41) is 0. The lowest BCUT2D eigenvalue weighted by Crippen LogP contribution is -2.37. The quantitative estimate of drug-likeness (QED) is 0.707. The van der Waals surface area contributed by atoms with Crippen LogP contribution in [0.15, 0.2) is 60.7 Å². The fourth-order valence-electron chi connectivity index (χ4n) is 3.36. The Hall–Kier alpha value is -1.86. The molecule has 1 unspecified atom stereocenters. The Morgan fingerprint density at radius 2 is 1.70 bits per heavy atom. The highest BCUT2D eigenvalue weighted by Crippen LogP contribution is 2.23. The third-order valence-corrected chi connectivity index (χ3v) is 5.02. The molecule has 1 heterocycles. The van der Waals surface area contributed by atoms with E-state index in [0.717, 1.165) is 12.6 Å². The number of hydrogen-bond acceptors (Lipinski definition) is 1. The molecule has 0 spiro atoms. The summed E-state index contributed by atoms with van der Waals surface area (Å²) in [7, 11) is 0. The Labute approximate surface area is 140 Å². The van der Waals surface area contributed by atoms with Gasteiger partial charge in [0.25, 0.3) is 0 Å². The van der Waals surface area contributed by atoms with Crippen molar-refractivity contribution >= 4 is 5.57 Å². The van der Waals surface area contributed by atoms with Crippen LogP contribution in [0.1, 0.15) is 38.7 Å². The van der Waals surface area contributed by atoms with Crippen LogP contribution in [0.25, 0.3) is 16.7 Å². The van der Waals surface area contributed by atoms with E-state index in [0.29, 0.717) is 0 Å². The molecule has 2 aromatic rings. The Bertz CT molecular complexity index is 639. The molecule has 1 fully saturated rings. The Morgan fingerprint density at radius 3 is 2.39 bits per heavy atom. The summed E-state index contributed by atoms with van der Waals surface area (Å²) in [5.41, 5.74) is 5.27. The van der Waals surface area contributed by atoms with Crippen LogP contribution in [0.5, 0.6) is 0 Å². The summed E-state index contributed by atoms with van der Waals surface area (Å²) in [4.78, 5) is 2.60. The molecule has 0 aliphatic carbocycles. The molecule has 0 bridgehead atoms. The van der Waals surface area contributed by atoms with Gasteiger partial charge in [0, 0.05) is 12.6 Å². The Morgan fingerprint density at radius 1 is 1.00 bits per heavy atom. The standard InChI is InChI=1S/C22H27N/c1-18(15-17-23-16-7-6-8-19(23)2)20-11-13-22(14-12-20)21-9-4-3-5-10-21/h3-5,9-15,19H,6-8,16-17H2,1-2H3. The van der Waals surface area contributed by atoms with E-state index in [1.807, 2.05) is 0 Å². The molecule has 1 saturated heterocycles. The van der Waals surface area contributed by atoms with Gasteiger partial charge in [-0.25, -0.2) is 0 Å². The number of likely N-dealkylation sites (tertiary alicyclic amines) is 1. The third kappa shape index (κ3) is 4.11. The van der Waals surface area contributed by atoms with Crippen LogP contribution in [-0.4, -0.2) is 24.0 Å². The topological polar surface area (TPSA) is 3.24 Å². The second-order valence-corrected chi connectivity index (χ2v) is 6.67. The van der Waals surface area contributed by atoms with Gasteiger partial charge in [0.2, 0.25) is 0 Å². The summed E-state index contributed by atoms with van der Waals surface area (Å²) in [6.45, 7) is 6.91. The lowest BCUT2D eigenvalue weighted by molar-refractivity contribution is 0.179. The summed E-state index contributed by atoms with van der Waals surface area (Å²) in [6, 6.07) is 20.2. The van der Waals surface area contributed by atoms with Gasteiger partial charge in [-0.15, -0.1) is 0 Å². The molecule has 3 rings (SSSR count). The van der Waals surface area contributed by atoms with Crippen molar-refractivity contribution in [2.75, 3.05) is 13.1 Å². The lowest BCUT2D eigenvalue weighted by atomic mass is 10.0. The van der Waals surface area contributed by atoms with Crippen molar-refractivity contribution in [2.24, 2.45) is 0 Å². The van der Waals surface area contributed by atoms with Crippen molar-refractivity contribution in [3.05, 3.63) is 66.2 Å². The molecule has 0 radical (unpaired) electrons. The van der Waals surface area contributed by atoms with Crippen molar-refractivity contribution in [2.45, 2.75) is 39.2 Å². The molecule has 0 amide bonds. The van der Waals surface area contributed by atoms with Crippen molar-refractivity contribution in [3.8, 4) is 11.1 Å². The Kier molecular flexibility index (Phi) is 5.30. The first-order valence-corrected chi connectivity index (χ1v) is 8.81. The summed E-state index contributed by atoms with van der Waals surface area (Å²) in [5.74, 6) is 0. The molecule has 0 aromatic heterocycles. The first kappa shape index (κ1) is 16.0. The second-order valence-electron chi connectivity index (χ2n) is 6.67. The molecule has 0 N–H and O–H groups in total. The van der Waals surface area contributed by atoms with Gasteiger partial charge in [0.1, 0.15) is 0 Å². The smallest absolute Gasteiger partial charge is 0.0171 e. The van der Waals surface area contributed by atoms with Gasteiger partial charge in [-0.2, -0.15) is 0 Å². The largest absolute Gasteiger partial charge is 0.297 e. The van der Waals surface area contributed by atoms with E-state index in [1.165, 1.54) is 48.1 Å². The van der Waals surface area contributed by atoms with E-state index >= 15 is 0 Å². The SMILES string of the molecule is CC(=CCN1CCCCC1C)c1ccc(-c2ccccc2)cc1. The number of allylic oxidation sites excluding steroid dienone is 1. The molecular weight excluding hydrogens is 278 g/mol. The zero-order valence-corrected chi connectivity index (χ0v) is 14.3. The second kappa shape index (κ2) is 7.61. The van der Waals surface area contributed by atoms with E-state index in [4.69, 9.17) is 0 Å². The first-order valence-electron chi connectivity index (χ1n) is 8.81. The molecule has 1 aliphatic heterocycles. The Balaban J connectivity index is 1.67. The zero-order valence-electron chi connectivity index (χ0n) is 14.3. The van der Waals surface area contributed by atoms with Crippen LogP contribution in [0, 0.1) is 0 Å². The minimum Gasteiger partial charge on any atom is -0.297 e. The maximum absolute atomic E-state index is 2.60. The average Bonchev–Trinajstić information content (AvgIpc) is 2.62. The molecule has 1 aliphatic rings. The van der Waals surface area contributed by atoms with Crippen molar-refractivity contribution < 1.29 is 0 Å². The van der Waals surface area contributed by atoms with E-state index in [-0.39, 0.29) is 0 Å². The molecule has 120 valence electrons. The molecule has 1 heteroatoms. The van der Waals surface area contributed by atoms with Crippen LogP contribution >= 0.6 is 0 Å². The lowest BCUT2D eigenvalue weighted by Gasteiger charge is -2.32. The molecular formula is C22H27N. The fourth-order valence-corrected chi connectivity index (χ4v) is 3.36. The van der Waals surface area contributed by atoms with Crippen LogP contribution in [0.2, 0.25) is 0 Å². The normalized spacial score (nSPS) is 19.7. The highest BCUT2D eigenvalue weighted by atomic mass is 15.1. The van der Waals surface area contributed by atoms with Crippen LogP contribution in [-0.2, 0) is 0 Å². The minimum absolute atomic E-state index is 0.730. The van der Waals surface area contributed by atoms with Gasteiger partial charge >= 0.3 is 0 Å². The summed E-state index contributed by atoms with van der Waals surface area (Å²) >= 11 is 0.